The molecule has 0 amide bonds. The third-order valence-electron chi connectivity index (χ3n) is 7.89. The molecule has 7 rings (SSSR count). The molecule has 43 heavy (non-hydrogen) atoms. The van der Waals surface area contributed by atoms with Crippen molar-refractivity contribution in [1.82, 2.24) is 4.68 Å². The normalized spacial score (nSPS) is 15.0. The van der Waals surface area contributed by atoms with E-state index in [2.05, 4.69) is 37.7 Å². The molecule has 0 saturated heterocycles. The van der Waals surface area contributed by atoms with Crippen LogP contribution in [0.1, 0.15) is 17.2 Å². The third kappa shape index (κ3) is 4.46. The average Bonchev–Trinajstić information content (AvgIpc) is 3.50. The highest BCUT2D eigenvalue weighted by Gasteiger charge is 2.26. The van der Waals surface area contributed by atoms with Gasteiger partial charge < -0.3 is 20.3 Å². The molecule has 1 aliphatic rings. The number of aromatic hydroxyl groups is 3. The molecule has 0 radical (unpaired) electrons. The topological polar surface area (TPSA) is 106 Å². The Hall–Kier alpha value is -5.89. The minimum atomic E-state index is -0.157. The number of aliphatic imine (C=N–C) groups is 1. The number of benzene rings is 5. The molecular formula is C35H27N5O3. The van der Waals surface area contributed by atoms with Gasteiger partial charge in [0.25, 0.3) is 0 Å². The van der Waals surface area contributed by atoms with E-state index in [0.717, 1.165) is 49.1 Å². The Morgan fingerprint density at radius 3 is 2.33 bits per heavy atom. The molecule has 2 heterocycles. The van der Waals surface area contributed by atoms with Crippen LogP contribution in [-0.2, 0) is 0 Å². The van der Waals surface area contributed by atoms with Gasteiger partial charge in [0.15, 0.2) is 0 Å². The monoisotopic (exact) mass is 565 g/mol. The van der Waals surface area contributed by atoms with Gasteiger partial charge in [-0.2, -0.15) is 0 Å². The average molecular weight is 566 g/mol. The predicted molar refractivity (Wildman–Crippen MR) is 171 cm³/mol. The Labute approximate surface area is 246 Å². The highest BCUT2D eigenvalue weighted by atomic mass is 16.3. The molecule has 1 unspecified atom stereocenters. The number of phenols is 3. The number of hydrogen-bond acceptors (Lipinski definition) is 7. The zero-order valence-electron chi connectivity index (χ0n) is 23.3. The first-order valence-electron chi connectivity index (χ1n) is 13.7. The molecule has 210 valence electrons. The van der Waals surface area contributed by atoms with Crippen LogP contribution in [0, 0.1) is 0 Å². The number of hydrogen-bond donors (Lipinski definition) is 3. The van der Waals surface area contributed by atoms with Crippen molar-refractivity contribution >= 4 is 57.6 Å². The lowest BCUT2D eigenvalue weighted by Gasteiger charge is -2.25. The Bertz CT molecular complexity index is 2230. The maximum Gasteiger partial charge on any atom is 0.143 e. The smallest absolute Gasteiger partial charge is 0.143 e. The van der Waals surface area contributed by atoms with Gasteiger partial charge in [-0.15, -0.1) is 10.2 Å². The summed E-state index contributed by atoms with van der Waals surface area (Å²) in [6.45, 7) is 3.51. The first-order chi connectivity index (χ1) is 20.9. The Kier molecular flexibility index (Phi) is 6.17. The molecular weight excluding hydrogens is 538 g/mol. The number of rotatable bonds is 5. The van der Waals surface area contributed by atoms with E-state index in [4.69, 9.17) is 0 Å². The van der Waals surface area contributed by atoms with E-state index in [1.165, 1.54) is 0 Å². The highest BCUT2D eigenvalue weighted by Crippen LogP contribution is 2.34. The Morgan fingerprint density at radius 1 is 0.744 bits per heavy atom. The van der Waals surface area contributed by atoms with E-state index >= 15 is 0 Å². The van der Waals surface area contributed by atoms with Gasteiger partial charge in [0, 0.05) is 23.0 Å². The predicted octanol–water partition coefficient (Wildman–Crippen LogP) is 6.59. The Morgan fingerprint density at radius 2 is 1.51 bits per heavy atom. The fourth-order valence-electron chi connectivity index (χ4n) is 5.79. The summed E-state index contributed by atoms with van der Waals surface area (Å²) in [7, 11) is 1.98. The van der Waals surface area contributed by atoms with Crippen LogP contribution in [0.15, 0.2) is 112 Å². The van der Waals surface area contributed by atoms with Gasteiger partial charge in [0.2, 0.25) is 0 Å². The van der Waals surface area contributed by atoms with Gasteiger partial charge in [-0.05, 0) is 83.9 Å². The molecule has 1 aromatic heterocycles. The minimum Gasteiger partial charge on any atom is -0.508 e. The molecule has 5 aromatic carbocycles. The van der Waals surface area contributed by atoms with Crippen molar-refractivity contribution in [1.29, 1.82) is 0 Å². The lowest BCUT2D eigenvalue weighted by atomic mass is 10.0. The van der Waals surface area contributed by atoms with Gasteiger partial charge in [-0.3, -0.25) is 9.67 Å². The number of phenolic OH excluding ortho intramolecular Hbond substituents is 3. The van der Waals surface area contributed by atoms with Crippen molar-refractivity contribution in [2.45, 2.75) is 6.04 Å². The van der Waals surface area contributed by atoms with E-state index in [1.807, 2.05) is 73.8 Å². The Balaban J connectivity index is 1.31. The summed E-state index contributed by atoms with van der Waals surface area (Å²) in [5, 5.41) is 47.2. The quantitative estimate of drug-likeness (QED) is 0.162. The maximum absolute atomic E-state index is 10.9. The zero-order valence-corrected chi connectivity index (χ0v) is 23.3. The highest BCUT2D eigenvalue weighted by molar-refractivity contribution is 5.92. The van der Waals surface area contributed by atoms with Crippen LogP contribution in [0.2, 0.25) is 0 Å². The molecule has 6 aromatic rings. The second-order valence-corrected chi connectivity index (χ2v) is 10.5. The fraction of sp³-hybridized carbons (Fsp3) is 0.0571. The van der Waals surface area contributed by atoms with Crippen molar-refractivity contribution < 1.29 is 15.3 Å². The van der Waals surface area contributed by atoms with Crippen LogP contribution in [0.5, 0.6) is 17.2 Å². The van der Waals surface area contributed by atoms with Gasteiger partial charge in [0.05, 0.1) is 22.6 Å². The van der Waals surface area contributed by atoms with Gasteiger partial charge >= 0.3 is 0 Å². The first kappa shape index (κ1) is 26.0. The number of fused-ring (bicyclic) bond motifs is 4. The summed E-state index contributed by atoms with van der Waals surface area (Å²) >= 11 is 0. The molecule has 1 atom stereocenters. The SMILES string of the molecule is C=Nc1ccc(C2C=c3/c(=C\c4ccc(/N=N/c5cccc6ccccc56)c(O)c4)c4cc(O)ccc4n3N2C)cc1O. The summed E-state index contributed by atoms with van der Waals surface area (Å²) in [5.41, 5.74) is 4.09. The first-order valence-corrected chi connectivity index (χ1v) is 13.7. The van der Waals surface area contributed by atoms with E-state index in [9.17, 15) is 15.3 Å². The van der Waals surface area contributed by atoms with Crippen molar-refractivity contribution in [3.8, 4) is 17.2 Å². The zero-order chi connectivity index (χ0) is 29.7. The number of nitrogens with zero attached hydrogens (tertiary/aromatic N) is 5. The van der Waals surface area contributed by atoms with Crippen LogP contribution >= 0.6 is 0 Å². The molecule has 8 nitrogen and oxygen atoms in total. The summed E-state index contributed by atoms with van der Waals surface area (Å²) in [5.74, 6) is 0.238. The summed E-state index contributed by atoms with van der Waals surface area (Å²) < 4.78 is 2.09. The minimum absolute atomic E-state index is 0.00566. The van der Waals surface area contributed by atoms with Gasteiger partial charge in [-0.1, -0.05) is 48.5 Å². The lowest BCUT2D eigenvalue weighted by Crippen LogP contribution is -2.35. The van der Waals surface area contributed by atoms with Crippen molar-refractivity contribution in [2.24, 2.45) is 15.2 Å². The molecule has 0 spiro atoms. The summed E-state index contributed by atoms with van der Waals surface area (Å²) in [4.78, 5) is 3.86. The second kappa shape index (κ2) is 10.2. The fourth-order valence-corrected chi connectivity index (χ4v) is 5.79. The lowest BCUT2D eigenvalue weighted by molar-refractivity contribution is 0.475. The second-order valence-electron chi connectivity index (χ2n) is 10.5. The summed E-state index contributed by atoms with van der Waals surface area (Å²) in [6, 6.07) is 29.6. The van der Waals surface area contributed by atoms with Crippen LogP contribution in [0.3, 0.4) is 0 Å². The molecule has 0 bridgehead atoms. The van der Waals surface area contributed by atoms with Crippen molar-refractivity contribution in [3.05, 3.63) is 119 Å². The molecule has 0 aliphatic carbocycles. The van der Waals surface area contributed by atoms with E-state index in [1.54, 1.807) is 36.4 Å². The van der Waals surface area contributed by atoms with Crippen LogP contribution in [0.4, 0.5) is 17.1 Å². The molecule has 1 aliphatic heterocycles. The maximum atomic E-state index is 10.9. The van der Waals surface area contributed by atoms with Crippen LogP contribution in [0.25, 0.3) is 33.8 Å². The third-order valence-corrected chi connectivity index (χ3v) is 7.89. The van der Waals surface area contributed by atoms with E-state index in [0.29, 0.717) is 11.4 Å². The van der Waals surface area contributed by atoms with Gasteiger partial charge in [0.1, 0.15) is 28.6 Å². The molecule has 0 saturated carbocycles. The standard InChI is InChI=1S/C35H27N5O3/c1-36-29-14-11-23(18-35(29)43)32-20-33-26(27-19-24(41)12-15-31(27)40(33)39(32)2)16-21-10-13-30(34(42)17-21)38-37-28-9-5-7-22-6-3-4-8-25(22)28/h3-20,32,41-43H,1H2,2H3/b26-16-,38-37+. The van der Waals surface area contributed by atoms with Crippen molar-refractivity contribution in [2.75, 3.05) is 12.1 Å². The van der Waals surface area contributed by atoms with Crippen molar-refractivity contribution in [3.63, 3.8) is 0 Å². The van der Waals surface area contributed by atoms with Gasteiger partial charge in [-0.25, -0.2) is 0 Å². The molecule has 0 fully saturated rings. The summed E-state index contributed by atoms with van der Waals surface area (Å²) in [6.07, 6.45) is 4.10. The largest absolute Gasteiger partial charge is 0.508 e. The van der Waals surface area contributed by atoms with E-state index in [-0.39, 0.29) is 23.3 Å². The number of azo groups is 1. The molecule has 3 N–H and O–H groups in total. The van der Waals surface area contributed by atoms with Crippen LogP contribution < -0.4 is 15.6 Å². The number of aromatic nitrogens is 1. The molecule has 8 heteroatoms. The van der Waals surface area contributed by atoms with Crippen LogP contribution in [-0.4, -0.2) is 33.8 Å². The van der Waals surface area contributed by atoms with E-state index < -0.39 is 0 Å².